The van der Waals surface area contributed by atoms with Crippen molar-refractivity contribution in [2.24, 2.45) is 0 Å². The second-order valence-corrected chi connectivity index (χ2v) is 6.24. The molecule has 0 spiro atoms. The van der Waals surface area contributed by atoms with Gasteiger partial charge in [0, 0.05) is 25.2 Å². The quantitative estimate of drug-likeness (QED) is 0.937. The number of fused-ring (bicyclic) bond motifs is 2. The summed E-state index contributed by atoms with van der Waals surface area (Å²) < 4.78 is 43.4. The van der Waals surface area contributed by atoms with Gasteiger partial charge in [0.05, 0.1) is 24.1 Å². The highest BCUT2D eigenvalue weighted by molar-refractivity contribution is 5.29. The zero-order valence-corrected chi connectivity index (χ0v) is 12.8. The molecule has 1 N–H and O–H groups in total. The molecule has 4 nitrogen and oxygen atoms in total. The van der Waals surface area contributed by atoms with Gasteiger partial charge < -0.3 is 10.1 Å². The molecule has 1 aromatic heterocycles. The van der Waals surface area contributed by atoms with Gasteiger partial charge in [-0.2, -0.15) is 13.2 Å². The number of morpholine rings is 1. The van der Waals surface area contributed by atoms with E-state index < -0.39 is 11.9 Å². The van der Waals surface area contributed by atoms with Crippen LogP contribution >= 0.6 is 0 Å². The van der Waals surface area contributed by atoms with Gasteiger partial charge >= 0.3 is 6.18 Å². The minimum Gasteiger partial charge on any atom is -0.367 e. The standard InChI is InChI=1S/C17H16F3N3O/c18-17(19,20)15-9-21-12(7-23-15)5-10-1-3-11(4-2-10)16-14-6-13(24-16)8-22-14/h1-4,7,9,13-14,16,22H,5-6,8H2/t13-,14-,16+/m0/s1. The Hall–Kier alpha value is -1.99. The summed E-state index contributed by atoms with van der Waals surface area (Å²) in [6, 6.07) is 8.33. The van der Waals surface area contributed by atoms with Gasteiger partial charge in [-0.3, -0.25) is 4.98 Å². The number of halogens is 3. The van der Waals surface area contributed by atoms with E-state index in [4.69, 9.17) is 4.74 Å². The summed E-state index contributed by atoms with van der Waals surface area (Å²) >= 11 is 0. The average molecular weight is 335 g/mol. The summed E-state index contributed by atoms with van der Waals surface area (Å²) in [7, 11) is 0. The summed E-state index contributed by atoms with van der Waals surface area (Å²) in [6.07, 6.45) is -0.611. The van der Waals surface area contributed by atoms with Crippen LogP contribution in [0.4, 0.5) is 13.2 Å². The largest absolute Gasteiger partial charge is 0.434 e. The Bertz CT molecular complexity index is 715. The topological polar surface area (TPSA) is 47.0 Å². The Morgan fingerprint density at radius 2 is 1.92 bits per heavy atom. The molecule has 7 heteroatoms. The lowest BCUT2D eigenvalue weighted by molar-refractivity contribution is -0.141. The van der Waals surface area contributed by atoms with Gasteiger partial charge in [0.1, 0.15) is 0 Å². The van der Waals surface area contributed by atoms with Gasteiger partial charge in [-0.15, -0.1) is 0 Å². The highest BCUT2D eigenvalue weighted by Gasteiger charge is 2.41. The van der Waals surface area contributed by atoms with Crippen molar-refractivity contribution in [3.8, 4) is 0 Å². The molecular formula is C17H16F3N3O. The van der Waals surface area contributed by atoms with E-state index in [0.717, 1.165) is 30.3 Å². The summed E-state index contributed by atoms with van der Waals surface area (Å²) in [6.45, 7) is 0.922. The zero-order valence-electron chi connectivity index (χ0n) is 12.8. The molecule has 3 heterocycles. The minimum absolute atomic E-state index is 0.0867. The van der Waals surface area contributed by atoms with Gasteiger partial charge in [0.25, 0.3) is 0 Å². The highest BCUT2D eigenvalue weighted by Crippen LogP contribution is 2.36. The second kappa shape index (κ2) is 5.82. The van der Waals surface area contributed by atoms with Crippen LogP contribution in [0.25, 0.3) is 0 Å². The van der Waals surface area contributed by atoms with Gasteiger partial charge in [-0.1, -0.05) is 24.3 Å². The van der Waals surface area contributed by atoms with E-state index in [1.54, 1.807) is 0 Å². The van der Waals surface area contributed by atoms with E-state index in [1.165, 1.54) is 6.20 Å². The van der Waals surface area contributed by atoms with Crippen LogP contribution in [0.5, 0.6) is 0 Å². The van der Waals surface area contributed by atoms with Gasteiger partial charge in [0.2, 0.25) is 0 Å². The van der Waals surface area contributed by atoms with Crippen LogP contribution in [0.15, 0.2) is 36.7 Å². The fourth-order valence-corrected chi connectivity index (χ4v) is 3.31. The number of hydrogen-bond acceptors (Lipinski definition) is 4. The molecule has 2 saturated heterocycles. The number of aromatic nitrogens is 2. The fraction of sp³-hybridized carbons (Fsp3) is 0.412. The Balaban J connectivity index is 1.44. The van der Waals surface area contributed by atoms with Crippen molar-refractivity contribution in [2.45, 2.75) is 37.3 Å². The van der Waals surface area contributed by atoms with Gasteiger partial charge in [-0.05, 0) is 17.5 Å². The Morgan fingerprint density at radius 1 is 1.12 bits per heavy atom. The van der Waals surface area contributed by atoms with Crippen molar-refractivity contribution in [3.63, 3.8) is 0 Å². The maximum Gasteiger partial charge on any atom is 0.434 e. The number of rotatable bonds is 3. The first-order chi connectivity index (χ1) is 11.5. The maximum atomic E-state index is 12.5. The van der Waals surface area contributed by atoms with Crippen molar-refractivity contribution < 1.29 is 17.9 Å². The third kappa shape index (κ3) is 3.01. The summed E-state index contributed by atoms with van der Waals surface area (Å²) in [5.41, 5.74) is 1.64. The molecule has 2 aliphatic rings. The normalized spacial score (nSPS) is 26.0. The van der Waals surface area contributed by atoms with Crippen LogP contribution in [-0.4, -0.2) is 28.7 Å². The predicted molar refractivity (Wildman–Crippen MR) is 80.3 cm³/mol. The number of alkyl halides is 3. The minimum atomic E-state index is -4.46. The highest BCUT2D eigenvalue weighted by atomic mass is 19.4. The molecule has 2 aliphatic heterocycles. The first kappa shape index (κ1) is 15.5. The van der Waals surface area contributed by atoms with Crippen molar-refractivity contribution >= 4 is 0 Å². The van der Waals surface area contributed by atoms with Crippen LogP contribution in [0.1, 0.15) is 35.0 Å². The number of hydrogen-bond donors (Lipinski definition) is 1. The molecule has 0 aliphatic carbocycles. The molecule has 1 aromatic carbocycles. The average Bonchev–Trinajstić information content (AvgIpc) is 3.18. The number of ether oxygens (including phenoxy) is 1. The maximum absolute atomic E-state index is 12.5. The van der Waals surface area contributed by atoms with Crippen LogP contribution in [0.3, 0.4) is 0 Å². The predicted octanol–water partition coefficient (Wildman–Crippen LogP) is 2.89. The second-order valence-electron chi connectivity index (χ2n) is 6.24. The van der Waals surface area contributed by atoms with Gasteiger partial charge in [0.15, 0.2) is 5.69 Å². The summed E-state index contributed by atoms with van der Waals surface area (Å²) in [4.78, 5) is 7.29. The lowest BCUT2D eigenvalue weighted by Crippen LogP contribution is -2.33. The molecule has 2 bridgehead atoms. The molecule has 24 heavy (non-hydrogen) atoms. The number of nitrogens with zero attached hydrogens (tertiary/aromatic N) is 2. The number of nitrogens with one attached hydrogen (secondary N) is 1. The van der Waals surface area contributed by atoms with E-state index in [-0.39, 0.29) is 6.10 Å². The molecule has 126 valence electrons. The fourth-order valence-electron chi connectivity index (χ4n) is 3.31. The van der Waals surface area contributed by atoms with Crippen LogP contribution in [0.2, 0.25) is 0 Å². The van der Waals surface area contributed by atoms with Gasteiger partial charge in [-0.25, -0.2) is 4.98 Å². The van der Waals surface area contributed by atoms with E-state index in [2.05, 4.69) is 15.3 Å². The van der Waals surface area contributed by atoms with E-state index in [9.17, 15) is 13.2 Å². The van der Waals surface area contributed by atoms with Crippen molar-refractivity contribution in [1.29, 1.82) is 0 Å². The number of benzene rings is 1. The molecule has 3 atom stereocenters. The van der Waals surface area contributed by atoms with E-state index in [0.29, 0.717) is 24.3 Å². The van der Waals surface area contributed by atoms with E-state index in [1.807, 2.05) is 24.3 Å². The third-order valence-corrected chi connectivity index (χ3v) is 4.52. The Labute approximate surface area is 137 Å². The molecule has 0 unspecified atom stereocenters. The van der Waals surface area contributed by atoms with Crippen LogP contribution in [0, 0.1) is 0 Å². The Morgan fingerprint density at radius 3 is 2.46 bits per heavy atom. The molecule has 2 aromatic rings. The lowest BCUT2D eigenvalue weighted by Gasteiger charge is -2.23. The van der Waals surface area contributed by atoms with E-state index >= 15 is 0 Å². The zero-order chi connectivity index (χ0) is 16.7. The summed E-state index contributed by atoms with van der Waals surface area (Å²) in [5.74, 6) is 0. The third-order valence-electron chi connectivity index (χ3n) is 4.52. The first-order valence-electron chi connectivity index (χ1n) is 7.85. The van der Waals surface area contributed by atoms with Crippen molar-refractivity contribution in [3.05, 3.63) is 59.2 Å². The van der Waals surface area contributed by atoms with Crippen molar-refractivity contribution in [1.82, 2.24) is 15.3 Å². The first-order valence-corrected chi connectivity index (χ1v) is 7.85. The van der Waals surface area contributed by atoms with Crippen molar-refractivity contribution in [2.75, 3.05) is 6.54 Å². The van der Waals surface area contributed by atoms with Crippen LogP contribution < -0.4 is 5.32 Å². The summed E-state index contributed by atoms with van der Waals surface area (Å²) in [5, 5.41) is 3.44. The molecule has 4 rings (SSSR count). The Kier molecular flexibility index (Phi) is 3.77. The molecule has 2 fully saturated rings. The molecule has 0 radical (unpaired) electrons. The monoisotopic (exact) mass is 335 g/mol. The lowest BCUT2D eigenvalue weighted by atomic mass is 10.0. The SMILES string of the molecule is FC(F)(F)c1cnc(Cc2ccc([C@H]3O[C@@H]4CN[C@H]3C4)cc2)cn1. The molecular weight excluding hydrogens is 319 g/mol. The molecule has 0 saturated carbocycles. The smallest absolute Gasteiger partial charge is 0.367 e. The van der Waals surface area contributed by atoms with Crippen LogP contribution in [-0.2, 0) is 17.3 Å². The molecule has 0 amide bonds.